The summed E-state index contributed by atoms with van der Waals surface area (Å²) in [7, 11) is 1.49. The van der Waals surface area contributed by atoms with E-state index in [0.717, 1.165) is 38.4 Å². The molecule has 10 heteroatoms. The lowest BCUT2D eigenvalue weighted by molar-refractivity contribution is 0.0342. The molecule has 0 atom stereocenters. The van der Waals surface area contributed by atoms with Gasteiger partial charge in [-0.05, 0) is 34.2 Å². The number of halogens is 1. The van der Waals surface area contributed by atoms with Gasteiger partial charge in [0.05, 0.1) is 36.6 Å². The van der Waals surface area contributed by atoms with Gasteiger partial charge in [-0.15, -0.1) is 5.10 Å². The molecule has 0 unspecified atom stereocenters. The molecule has 0 spiro atoms. The molecule has 1 amide bonds. The Labute approximate surface area is 178 Å². The number of amides is 1. The highest BCUT2D eigenvalue weighted by Gasteiger charge is 2.18. The summed E-state index contributed by atoms with van der Waals surface area (Å²) < 4.78 is 12.2. The Morgan fingerprint density at radius 1 is 1.27 bits per heavy atom. The number of methoxy groups -OCH3 is 1. The molecule has 0 aliphatic carbocycles. The summed E-state index contributed by atoms with van der Waals surface area (Å²) in [5, 5.41) is 14.3. The van der Waals surface area contributed by atoms with Crippen LogP contribution in [0.2, 0.25) is 5.02 Å². The quantitative estimate of drug-likeness (QED) is 0.644. The van der Waals surface area contributed by atoms with Crippen LogP contribution < -0.4 is 10.1 Å². The third-order valence-corrected chi connectivity index (χ3v) is 5.11. The predicted octanol–water partition coefficient (Wildman–Crippen LogP) is 2.41. The van der Waals surface area contributed by atoms with E-state index in [0.29, 0.717) is 27.7 Å². The molecule has 0 saturated carbocycles. The first-order valence-corrected chi connectivity index (χ1v) is 9.83. The van der Waals surface area contributed by atoms with E-state index in [-0.39, 0.29) is 5.91 Å². The summed E-state index contributed by atoms with van der Waals surface area (Å²) in [4.78, 5) is 15.2. The van der Waals surface area contributed by atoms with Gasteiger partial charge in [0.15, 0.2) is 0 Å². The van der Waals surface area contributed by atoms with Crippen molar-refractivity contribution in [2.75, 3.05) is 38.7 Å². The number of morpholine rings is 1. The van der Waals surface area contributed by atoms with Crippen molar-refractivity contribution in [2.45, 2.75) is 6.54 Å². The molecule has 0 radical (unpaired) electrons. The Kier molecular flexibility index (Phi) is 6.22. The number of ether oxygens (including phenoxy) is 2. The maximum absolute atomic E-state index is 12.9. The Bertz CT molecular complexity index is 1020. The largest absolute Gasteiger partial charge is 0.496 e. The molecule has 1 aliphatic heterocycles. The lowest BCUT2D eigenvalue weighted by atomic mass is 10.1. The molecule has 1 fully saturated rings. The number of hydrogen-bond donors (Lipinski definition) is 1. The van der Waals surface area contributed by atoms with Crippen LogP contribution in [0.1, 0.15) is 15.9 Å². The van der Waals surface area contributed by atoms with E-state index in [1.54, 1.807) is 12.1 Å². The minimum Gasteiger partial charge on any atom is -0.496 e. The number of rotatable bonds is 6. The average Bonchev–Trinajstić information content (AvgIpc) is 3.29. The van der Waals surface area contributed by atoms with Crippen molar-refractivity contribution >= 4 is 23.2 Å². The van der Waals surface area contributed by atoms with Crippen LogP contribution in [0, 0.1) is 0 Å². The van der Waals surface area contributed by atoms with Crippen LogP contribution in [-0.2, 0) is 11.3 Å². The predicted molar refractivity (Wildman–Crippen MR) is 111 cm³/mol. The maximum Gasteiger partial charge on any atom is 0.259 e. The molecule has 156 valence electrons. The van der Waals surface area contributed by atoms with Crippen molar-refractivity contribution < 1.29 is 14.3 Å². The fourth-order valence-electron chi connectivity index (χ4n) is 3.30. The Balaban J connectivity index is 1.52. The monoisotopic (exact) mass is 428 g/mol. The van der Waals surface area contributed by atoms with Crippen LogP contribution in [0.5, 0.6) is 5.75 Å². The fraction of sp³-hybridized carbons (Fsp3) is 0.300. The van der Waals surface area contributed by atoms with Gasteiger partial charge in [0, 0.05) is 31.4 Å². The summed E-state index contributed by atoms with van der Waals surface area (Å²) in [6.45, 7) is 4.11. The molecule has 1 N–H and O–H groups in total. The number of hydrogen-bond acceptors (Lipinski definition) is 7. The summed E-state index contributed by atoms with van der Waals surface area (Å²) in [5.41, 5.74) is 2.66. The van der Waals surface area contributed by atoms with Crippen molar-refractivity contribution in [3.8, 4) is 11.4 Å². The molecular weight excluding hydrogens is 408 g/mol. The number of aromatic nitrogens is 4. The summed E-state index contributed by atoms with van der Waals surface area (Å²) in [6.07, 6.45) is 1.42. The van der Waals surface area contributed by atoms with Crippen molar-refractivity contribution in [2.24, 2.45) is 0 Å². The summed E-state index contributed by atoms with van der Waals surface area (Å²) >= 11 is 6.36. The molecule has 1 saturated heterocycles. The zero-order chi connectivity index (χ0) is 20.9. The van der Waals surface area contributed by atoms with Crippen LogP contribution in [0.25, 0.3) is 5.69 Å². The Morgan fingerprint density at radius 2 is 2.10 bits per heavy atom. The highest BCUT2D eigenvalue weighted by atomic mass is 35.5. The lowest BCUT2D eigenvalue weighted by Crippen LogP contribution is -2.35. The third-order valence-electron chi connectivity index (χ3n) is 4.80. The minimum absolute atomic E-state index is 0.318. The third kappa shape index (κ3) is 4.59. The van der Waals surface area contributed by atoms with E-state index in [4.69, 9.17) is 21.1 Å². The first-order valence-electron chi connectivity index (χ1n) is 9.45. The SMILES string of the molecule is COc1cc(-n2cnnn2)c(Cl)cc1C(=O)Nc1cccc(CN2CCOCC2)c1. The standard InChI is InChI=1S/C20H21ClN6O3/c1-29-19-11-18(27-13-22-24-25-27)17(21)10-16(19)20(28)23-15-4-2-3-14(9-15)12-26-5-7-30-8-6-26/h2-4,9-11,13H,5-8,12H2,1H3,(H,23,28). The molecule has 2 aromatic carbocycles. The minimum atomic E-state index is -0.319. The van der Waals surface area contributed by atoms with E-state index >= 15 is 0 Å². The topological polar surface area (TPSA) is 94.4 Å². The Morgan fingerprint density at radius 3 is 2.83 bits per heavy atom. The molecule has 9 nitrogen and oxygen atoms in total. The second-order valence-corrected chi connectivity index (χ2v) is 7.21. The van der Waals surface area contributed by atoms with Gasteiger partial charge in [0.2, 0.25) is 0 Å². The van der Waals surface area contributed by atoms with Crippen molar-refractivity contribution in [3.63, 3.8) is 0 Å². The smallest absolute Gasteiger partial charge is 0.259 e. The van der Waals surface area contributed by atoms with Gasteiger partial charge in [-0.3, -0.25) is 9.69 Å². The highest BCUT2D eigenvalue weighted by molar-refractivity contribution is 6.33. The number of tetrazole rings is 1. The van der Waals surface area contributed by atoms with Crippen LogP contribution in [0.15, 0.2) is 42.7 Å². The van der Waals surface area contributed by atoms with Gasteiger partial charge < -0.3 is 14.8 Å². The van der Waals surface area contributed by atoms with Crippen LogP contribution >= 0.6 is 11.6 Å². The zero-order valence-corrected chi connectivity index (χ0v) is 17.2. The van der Waals surface area contributed by atoms with E-state index in [1.165, 1.54) is 18.1 Å². The van der Waals surface area contributed by atoms with E-state index in [1.807, 2.05) is 24.3 Å². The molecular formula is C20H21ClN6O3. The van der Waals surface area contributed by atoms with E-state index in [2.05, 4.69) is 25.7 Å². The fourth-order valence-corrected chi connectivity index (χ4v) is 3.55. The number of anilines is 1. The number of nitrogens with one attached hydrogen (secondary N) is 1. The van der Waals surface area contributed by atoms with Crippen molar-refractivity contribution in [3.05, 3.63) is 58.9 Å². The van der Waals surface area contributed by atoms with Gasteiger partial charge in [-0.2, -0.15) is 4.68 Å². The number of carbonyl (C=O) groups is 1. The maximum atomic E-state index is 12.9. The molecule has 0 bridgehead atoms. The van der Waals surface area contributed by atoms with Gasteiger partial charge in [-0.25, -0.2) is 0 Å². The molecule has 4 rings (SSSR count). The lowest BCUT2D eigenvalue weighted by Gasteiger charge is -2.26. The van der Waals surface area contributed by atoms with Crippen molar-refractivity contribution in [1.29, 1.82) is 0 Å². The van der Waals surface area contributed by atoms with E-state index < -0.39 is 0 Å². The van der Waals surface area contributed by atoms with Gasteiger partial charge in [0.1, 0.15) is 12.1 Å². The second kappa shape index (κ2) is 9.21. The molecule has 3 aromatic rings. The van der Waals surface area contributed by atoms with E-state index in [9.17, 15) is 4.79 Å². The van der Waals surface area contributed by atoms with Gasteiger partial charge >= 0.3 is 0 Å². The van der Waals surface area contributed by atoms with Gasteiger partial charge in [0.25, 0.3) is 5.91 Å². The zero-order valence-electron chi connectivity index (χ0n) is 16.4. The average molecular weight is 429 g/mol. The first kappa shape index (κ1) is 20.3. The molecule has 30 heavy (non-hydrogen) atoms. The van der Waals surface area contributed by atoms with Crippen LogP contribution in [0.3, 0.4) is 0 Å². The number of nitrogens with zero attached hydrogens (tertiary/aromatic N) is 5. The van der Waals surface area contributed by atoms with Crippen molar-refractivity contribution in [1.82, 2.24) is 25.1 Å². The second-order valence-electron chi connectivity index (χ2n) is 6.80. The molecule has 2 heterocycles. The number of benzene rings is 2. The number of carbonyl (C=O) groups excluding carboxylic acids is 1. The summed E-state index contributed by atoms with van der Waals surface area (Å²) in [6, 6.07) is 11.0. The highest BCUT2D eigenvalue weighted by Crippen LogP contribution is 2.30. The normalized spacial score (nSPS) is 14.5. The first-order chi connectivity index (χ1) is 14.6. The van der Waals surface area contributed by atoms with Crippen LogP contribution in [0.4, 0.5) is 5.69 Å². The van der Waals surface area contributed by atoms with Gasteiger partial charge in [-0.1, -0.05) is 23.7 Å². The Hall–Kier alpha value is -3.01. The molecule has 1 aliphatic rings. The summed E-state index contributed by atoms with van der Waals surface area (Å²) in [5.74, 6) is 0.0485. The molecule has 1 aromatic heterocycles. The van der Waals surface area contributed by atoms with Crippen LogP contribution in [-0.4, -0.2) is 64.4 Å².